The van der Waals surface area contributed by atoms with E-state index < -0.39 is 0 Å². The lowest BCUT2D eigenvalue weighted by atomic mass is 10.0. The smallest absolute Gasteiger partial charge is 0.00134 e. The monoisotopic (exact) mass is 226 g/mol. The Hall–Kier alpha value is -1.56. The van der Waals surface area contributed by atoms with Crippen LogP contribution in [-0.4, -0.2) is 0 Å². The van der Waals surface area contributed by atoms with Gasteiger partial charge in [-0.3, -0.25) is 0 Å². The molecule has 0 aliphatic heterocycles. The van der Waals surface area contributed by atoms with Crippen molar-refractivity contribution in [3.05, 3.63) is 59.2 Å². The molecule has 0 heterocycles. The molecule has 0 saturated heterocycles. The van der Waals surface area contributed by atoms with Crippen LogP contribution in [0.4, 0.5) is 0 Å². The van der Waals surface area contributed by atoms with Gasteiger partial charge in [-0.15, -0.1) is 0 Å². The van der Waals surface area contributed by atoms with Gasteiger partial charge in [-0.1, -0.05) is 69.3 Å². The van der Waals surface area contributed by atoms with E-state index in [1.54, 1.807) is 0 Å². The Bertz CT molecular complexity index is 495. The van der Waals surface area contributed by atoms with E-state index >= 15 is 0 Å². The first kappa shape index (κ1) is 13.5. The Morgan fingerprint density at radius 2 is 1.47 bits per heavy atom. The van der Waals surface area contributed by atoms with Gasteiger partial charge in [0.25, 0.3) is 0 Å². The first-order valence-corrected chi connectivity index (χ1v) is 6.02. The molecule has 0 bridgehead atoms. The zero-order valence-electron chi connectivity index (χ0n) is 10.2. The average molecular weight is 226 g/mol. The molecule has 2 aromatic rings. The van der Waals surface area contributed by atoms with Crippen LogP contribution < -0.4 is 0 Å². The van der Waals surface area contributed by atoms with E-state index in [1.807, 2.05) is 13.8 Å². The second-order valence-corrected chi connectivity index (χ2v) is 3.99. The highest BCUT2D eigenvalue weighted by atomic mass is 14.2. The van der Waals surface area contributed by atoms with Gasteiger partial charge >= 0.3 is 0 Å². The molecule has 2 aromatic carbocycles. The van der Waals surface area contributed by atoms with Crippen molar-refractivity contribution in [2.75, 3.05) is 0 Å². The van der Waals surface area contributed by atoms with Crippen LogP contribution in [0.25, 0.3) is 11.1 Å². The fourth-order valence-electron chi connectivity index (χ4n) is 2.27. The van der Waals surface area contributed by atoms with Gasteiger partial charge in [0.15, 0.2) is 0 Å². The van der Waals surface area contributed by atoms with Crippen LogP contribution >= 0.6 is 0 Å². The molecule has 17 heavy (non-hydrogen) atoms. The van der Waals surface area contributed by atoms with Crippen molar-refractivity contribution in [2.24, 2.45) is 0 Å². The molecule has 3 rings (SSSR count). The molecule has 0 unspecified atom stereocenters. The lowest BCUT2D eigenvalue weighted by molar-refractivity contribution is 1.25. The summed E-state index contributed by atoms with van der Waals surface area (Å²) in [6.45, 7) is 6.16. The summed E-state index contributed by atoms with van der Waals surface area (Å²) in [5.41, 5.74) is 7.14. The molecule has 0 fully saturated rings. The molecule has 0 aromatic heterocycles. The zero-order chi connectivity index (χ0) is 11.5. The molecule has 0 saturated carbocycles. The Morgan fingerprint density at radius 1 is 0.824 bits per heavy atom. The lowest BCUT2D eigenvalue weighted by Gasteiger charge is -2.00. The van der Waals surface area contributed by atoms with Gasteiger partial charge in [0.05, 0.1) is 0 Å². The highest BCUT2D eigenvalue weighted by Crippen LogP contribution is 2.36. The average Bonchev–Trinajstić information content (AvgIpc) is 2.68. The summed E-state index contributed by atoms with van der Waals surface area (Å²) < 4.78 is 0. The van der Waals surface area contributed by atoms with Crippen molar-refractivity contribution in [2.45, 2.75) is 34.6 Å². The Kier molecular flexibility index (Phi) is 4.51. The summed E-state index contributed by atoms with van der Waals surface area (Å²) in [4.78, 5) is 0. The van der Waals surface area contributed by atoms with E-state index in [0.717, 1.165) is 6.42 Å². The van der Waals surface area contributed by atoms with Crippen molar-refractivity contribution in [3.63, 3.8) is 0 Å². The minimum atomic E-state index is 0. The summed E-state index contributed by atoms with van der Waals surface area (Å²) >= 11 is 0. The highest BCUT2D eigenvalue weighted by molar-refractivity contribution is 5.76. The standard InChI is InChI=1S/C14H12.C2H6.CH4/c1-10-6-7-14-12(8-10)9-11-4-2-3-5-13(11)14;1-2;/h2-8H,9H2,1H3;1-2H3;1H4. The van der Waals surface area contributed by atoms with E-state index in [1.165, 1.54) is 27.8 Å². The third-order valence-corrected chi connectivity index (χ3v) is 2.95. The predicted octanol–water partition coefficient (Wildman–Crippen LogP) is 5.23. The normalized spacial score (nSPS) is 10.5. The number of hydrogen-bond acceptors (Lipinski definition) is 0. The fourth-order valence-corrected chi connectivity index (χ4v) is 2.27. The second kappa shape index (κ2) is 5.67. The highest BCUT2D eigenvalue weighted by Gasteiger charge is 2.16. The molecule has 0 spiro atoms. The summed E-state index contributed by atoms with van der Waals surface area (Å²) in [5, 5.41) is 0. The quantitative estimate of drug-likeness (QED) is 0.492. The predicted molar refractivity (Wildman–Crippen MR) is 77.5 cm³/mol. The zero-order valence-corrected chi connectivity index (χ0v) is 10.2. The first-order chi connectivity index (χ1) is 7.84. The third kappa shape index (κ3) is 2.41. The molecule has 1 aliphatic carbocycles. The van der Waals surface area contributed by atoms with Gasteiger partial charge in [-0.25, -0.2) is 0 Å². The molecule has 0 N–H and O–H groups in total. The number of hydrogen-bond donors (Lipinski definition) is 0. The largest absolute Gasteiger partial charge is 0.0776 e. The molecule has 0 atom stereocenters. The van der Waals surface area contributed by atoms with Gasteiger partial charge in [0.2, 0.25) is 0 Å². The lowest BCUT2D eigenvalue weighted by Crippen LogP contribution is -1.80. The molecular weight excluding hydrogens is 204 g/mol. The summed E-state index contributed by atoms with van der Waals surface area (Å²) in [6.07, 6.45) is 1.10. The maximum Gasteiger partial charge on any atom is -0.00134 e. The molecular formula is C17H22. The molecule has 1 aliphatic rings. The molecule has 0 amide bonds. The van der Waals surface area contributed by atoms with Crippen LogP contribution in [-0.2, 0) is 6.42 Å². The minimum absolute atomic E-state index is 0. The van der Waals surface area contributed by atoms with E-state index in [9.17, 15) is 0 Å². The maximum absolute atomic E-state index is 2.30. The Morgan fingerprint density at radius 3 is 2.24 bits per heavy atom. The van der Waals surface area contributed by atoms with Crippen molar-refractivity contribution in [1.29, 1.82) is 0 Å². The van der Waals surface area contributed by atoms with E-state index in [0.29, 0.717) is 0 Å². The van der Waals surface area contributed by atoms with Gasteiger partial charge in [-0.2, -0.15) is 0 Å². The Balaban J connectivity index is 0.000000459. The van der Waals surface area contributed by atoms with Gasteiger partial charge < -0.3 is 0 Å². The minimum Gasteiger partial charge on any atom is -0.0776 e. The fraction of sp³-hybridized carbons (Fsp3) is 0.294. The third-order valence-electron chi connectivity index (χ3n) is 2.95. The number of aryl methyl sites for hydroxylation is 1. The van der Waals surface area contributed by atoms with Crippen molar-refractivity contribution < 1.29 is 0 Å². The summed E-state index contributed by atoms with van der Waals surface area (Å²) in [5.74, 6) is 0. The topological polar surface area (TPSA) is 0 Å². The van der Waals surface area contributed by atoms with Gasteiger partial charge in [0.1, 0.15) is 0 Å². The first-order valence-electron chi connectivity index (χ1n) is 6.02. The number of fused-ring (bicyclic) bond motifs is 3. The Labute approximate surface area is 105 Å². The van der Waals surface area contributed by atoms with Crippen LogP contribution in [0.5, 0.6) is 0 Å². The van der Waals surface area contributed by atoms with E-state index in [2.05, 4.69) is 49.4 Å². The van der Waals surface area contributed by atoms with Crippen molar-refractivity contribution >= 4 is 0 Å². The number of benzene rings is 2. The van der Waals surface area contributed by atoms with Crippen LogP contribution in [0, 0.1) is 6.92 Å². The van der Waals surface area contributed by atoms with Gasteiger partial charge in [0, 0.05) is 0 Å². The molecule has 0 nitrogen and oxygen atoms in total. The van der Waals surface area contributed by atoms with Crippen molar-refractivity contribution in [1.82, 2.24) is 0 Å². The molecule has 0 heteroatoms. The SMILES string of the molecule is C.CC.Cc1ccc2c(c1)Cc1ccccc1-2. The second-order valence-electron chi connectivity index (χ2n) is 3.99. The molecule has 0 radical (unpaired) electrons. The van der Waals surface area contributed by atoms with Crippen molar-refractivity contribution in [3.8, 4) is 11.1 Å². The van der Waals surface area contributed by atoms with Crippen LogP contribution in [0.3, 0.4) is 0 Å². The maximum atomic E-state index is 2.30. The van der Waals surface area contributed by atoms with E-state index in [-0.39, 0.29) is 7.43 Å². The summed E-state index contributed by atoms with van der Waals surface area (Å²) in [7, 11) is 0. The number of rotatable bonds is 0. The van der Waals surface area contributed by atoms with Crippen LogP contribution in [0.2, 0.25) is 0 Å². The summed E-state index contributed by atoms with van der Waals surface area (Å²) in [6, 6.07) is 15.4. The van der Waals surface area contributed by atoms with Crippen LogP contribution in [0.15, 0.2) is 42.5 Å². The van der Waals surface area contributed by atoms with E-state index in [4.69, 9.17) is 0 Å². The van der Waals surface area contributed by atoms with Gasteiger partial charge in [-0.05, 0) is 35.6 Å². The van der Waals surface area contributed by atoms with Crippen LogP contribution in [0.1, 0.15) is 38.0 Å². The molecule has 90 valence electrons.